The van der Waals surface area contributed by atoms with Crippen LogP contribution in [0.15, 0.2) is 0 Å². The van der Waals surface area contributed by atoms with Gasteiger partial charge in [-0.15, -0.1) is 0 Å². The summed E-state index contributed by atoms with van der Waals surface area (Å²) in [7, 11) is 0. The molecular formula is C12H22N2. The van der Waals surface area contributed by atoms with Crippen LogP contribution in [0.4, 0.5) is 0 Å². The van der Waals surface area contributed by atoms with Crippen LogP contribution in [0.2, 0.25) is 0 Å². The summed E-state index contributed by atoms with van der Waals surface area (Å²) in [4.78, 5) is 2.52. The summed E-state index contributed by atoms with van der Waals surface area (Å²) in [5.74, 6) is 0.777. The molecule has 1 saturated heterocycles. The van der Waals surface area contributed by atoms with E-state index in [-0.39, 0.29) is 0 Å². The Labute approximate surface area is 87.9 Å². The number of rotatable bonds is 4. The van der Waals surface area contributed by atoms with Crippen LogP contribution >= 0.6 is 0 Å². The Bertz CT molecular complexity index is 193. The first kappa shape index (κ1) is 11.5. The first-order chi connectivity index (χ1) is 6.74. The second kappa shape index (κ2) is 6.03. The van der Waals surface area contributed by atoms with Gasteiger partial charge in [-0.25, -0.2) is 0 Å². The highest BCUT2D eigenvalue weighted by Crippen LogP contribution is 2.20. The Morgan fingerprint density at radius 1 is 1.43 bits per heavy atom. The molecule has 80 valence electrons. The molecule has 1 heterocycles. The van der Waals surface area contributed by atoms with E-state index in [1.807, 2.05) is 0 Å². The summed E-state index contributed by atoms with van der Waals surface area (Å²) in [6.07, 6.45) is 5.84. The van der Waals surface area contributed by atoms with Gasteiger partial charge in [0.1, 0.15) is 0 Å². The van der Waals surface area contributed by atoms with Gasteiger partial charge in [0, 0.05) is 6.04 Å². The van der Waals surface area contributed by atoms with Crippen molar-refractivity contribution < 1.29 is 0 Å². The van der Waals surface area contributed by atoms with Gasteiger partial charge in [0.15, 0.2) is 0 Å². The molecular weight excluding hydrogens is 172 g/mol. The third-order valence-corrected chi connectivity index (χ3v) is 3.07. The Morgan fingerprint density at radius 2 is 2.21 bits per heavy atom. The molecule has 14 heavy (non-hydrogen) atoms. The topological polar surface area (TPSA) is 27.0 Å². The maximum atomic E-state index is 8.74. The van der Waals surface area contributed by atoms with Crippen LogP contribution in [0.1, 0.15) is 46.0 Å². The number of hydrogen-bond donors (Lipinski definition) is 0. The minimum absolute atomic E-state index is 0.549. The highest BCUT2D eigenvalue weighted by Gasteiger charge is 2.21. The predicted molar refractivity (Wildman–Crippen MR) is 58.9 cm³/mol. The van der Waals surface area contributed by atoms with Crippen LogP contribution in [0.25, 0.3) is 0 Å². The number of piperidine rings is 1. The summed E-state index contributed by atoms with van der Waals surface area (Å²) in [5, 5.41) is 8.74. The molecule has 0 N–H and O–H groups in total. The quantitative estimate of drug-likeness (QED) is 0.688. The summed E-state index contributed by atoms with van der Waals surface area (Å²) >= 11 is 0. The summed E-state index contributed by atoms with van der Waals surface area (Å²) in [6, 6.07) is 2.86. The van der Waals surface area contributed by atoms with Crippen molar-refractivity contribution >= 4 is 0 Å². The van der Waals surface area contributed by atoms with E-state index in [1.54, 1.807) is 0 Å². The summed E-state index contributed by atoms with van der Waals surface area (Å²) in [6.45, 7) is 6.93. The molecule has 0 aromatic carbocycles. The molecule has 0 aromatic rings. The summed E-state index contributed by atoms with van der Waals surface area (Å²) < 4.78 is 0. The zero-order valence-corrected chi connectivity index (χ0v) is 9.50. The molecule has 0 spiro atoms. The van der Waals surface area contributed by atoms with Crippen molar-refractivity contribution in [2.75, 3.05) is 13.1 Å². The molecule has 1 rings (SSSR count). The highest BCUT2D eigenvalue weighted by atomic mass is 15.2. The Hall–Kier alpha value is -0.550. The lowest BCUT2D eigenvalue weighted by Gasteiger charge is -2.34. The van der Waals surface area contributed by atoms with Gasteiger partial charge < -0.3 is 0 Å². The van der Waals surface area contributed by atoms with Crippen LogP contribution in [0.5, 0.6) is 0 Å². The Kier molecular flexibility index (Phi) is 4.97. The molecule has 1 aliphatic heterocycles. The maximum Gasteiger partial charge on any atom is 0.0638 e. The van der Waals surface area contributed by atoms with E-state index in [0.29, 0.717) is 6.04 Å². The standard InChI is InChI=1S/C12H22N2/c1-11(2)7-10-14-9-4-3-5-12(14)6-8-13/h11-12H,3-7,9-10H2,1-2H3. The third kappa shape index (κ3) is 3.67. The molecule has 0 amide bonds. The van der Waals surface area contributed by atoms with E-state index >= 15 is 0 Å². The fourth-order valence-corrected chi connectivity index (χ4v) is 2.11. The van der Waals surface area contributed by atoms with Crippen LogP contribution in [-0.4, -0.2) is 24.0 Å². The molecule has 2 nitrogen and oxygen atoms in total. The molecule has 0 aliphatic carbocycles. The molecule has 0 bridgehead atoms. The van der Waals surface area contributed by atoms with Crippen molar-refractivity contribution in [1.82, 2.24) is 4.90 Å². The van der Waals surface area contributed by atoms with E-state index in [4.69, 9.17) is 5.26 Å². The van der Waals surface area contributed by atoms with Gasteiger partial charge in [-0.2, -0.15) is 5.26 Å². The van der Waals surface area contributed by atoms with Crippen molar-refractivity contribution in [2.45, 2.75) is 52.0 Å². The van der Waals surface area contributed by atoms with Gasteiger partial charge in [0.25, 0.3) is 0 Å². The van der Waals surface area contributed by atoms with Gasteiger partial charge in [0.05, 0.1) is 12.5 Å². The monoisotopic (exact) mass is 194 g/mol. The smallest absolute Gasteiger partial charge is 0.0638 e. The number of nitriles is 1. The zero-order chi connectivity index (χ0) is 10.4. The normalized spacial score (nSPS) is 23.7. The summed E-state index contributed by atoms with van der Waals surface area (Å²) in [5.41, 5.74) is 0. The van der Waals surface area contributed by atoms with Gasteiger partial charge in [-0.05, 0) is 38.3 Å². The van der Waals surface area contributed by atoms with Gasteiger partial charge in [-0.3, -0.25) is 4.90 Å². The zero-order valence-electron chi connectivity index (χ0n) is 9.50. The van der Waals surface area contributed by atoms with Crippen LogP contribution in [-0.2, 0) is 0 Å². The molecule has 0 aromatic heterocycles. The third-order valence-electron chi connectivity index (χ3n) is 3.07. The fourth-order valence-electron chi connectivity index (χ4n) is 2.11. The second-order valence-corrected chi connectivity index (χ2v) is 4.73. The molecule has 0 saturated carbocycles. The fraction of sp³-hybridized carbons (Fsp3) is 0.917. The molecule has 1 unspecified atom stereocenters. The molecule has 1 atom stereocenters. The minimum Gasteiger partial charge on any atom is -0.299 e. The van der Waals surface area contributed by atoms with E-state index in [9.17, 15) is 0 Å². The molecule has 1 aliphatic rings. The molecule has 1 fully saturated rings. The Balaban J connectivity index is 2.34. The first-order valence-electron chi connectivity index (χ1n) is 5.85. The first-order valence-corrected chi connectivity index (χ1v) is 5.85. The van der Waals surface area contributed by atoms with Crippen molar-refractivity contribution in [2.24, 2.45) is 5.92 Å². The Morgan fingerprint density at radius 3 is 2.86 bits per heavy atom. The van der Waals surface area contributed by atoms with Crippen LogP contribution in [0, 0.1) is 17.2 Å². The molecule has 2 heteroatoms. The number of hydrogen-bond acceptors (Lipinski definition) is 2. The van der Waals surface area contributed by atoms with E-state index in [0.717, 1.165) is 12.3 Å². The number of nitrogens with zero attached hydrogens (tertiary/aromatic N) is 2. The lowest BCUT2D eigenvalue weighted by Crippen LogP contribution is -2.40. The average molecular weight is 194 g/mol. The van der Waals surface area contributed by atoms with Gasteiger partial charge in [0.2, 0.25) is 0 Å². The van der Waals surface area contributed by atoms with E-state index in [2.05, 4.69) is 24.8 Å². The van der Waals surface area contributed by atoms with E-state index in [1.165, 1.54) is 38.8 Å². The van der Waals surface area contributed by atoms with Crippen LogP contribution < -0.4 is 0 Å². The van der Waals surface area contributed by atoms with Crippen LogP contribution in [0.3, 0.4) is 0 Å². The average Bonchev–Trinajstić information content (AvgIpc) is 2.17. The number of likely N-dealkylation sites (tertiary alicyclic amines) is 1. The van der Waals surface area contributed by atoms with Gasteiger partial charge in [-0.1, -0.05) is 20.3 Å². The SMILES string of the molecule is CC(C)CCN1CCCCC1CC#N. The lowest BCUT2D eigenvalue weighted by molar-refractivity contribution is 0.143. The largest absolute Gasteiger partial charge is 0.299 e. The predicted octanol–water partition coefficient (Wildman–Crippen LogP) is 2.80. The highest BCUT2D eigenvalue weighted by molar-refractivity contribution is 4.85. The van der Waals surface area contributed by atoms with E-state index < -0.39 is 0 Å². The van der Waals surface area contributed by atoms with Crippen molar-refractivity contribution in [3.63, 3.8) is 0 Å². The maximum absolute atomic E-state index is 8.74. The van der Waals surface area contributed by atoms with Crippen molar-refractivity contribution in [3.05, 3.63) is 0 Å². The molecule has 0 radical (unpaired) electrons. The van der Waals surface area contributed by atoms with Crippen molar-refractivity contribution in [3.8, 4) is 6.07 Å². The van der Waals surface area contributed by atoms with Gasteiger partial charge >= 0.3 is 0 Å². The van der Waals surface area contributed by atoms with Crippen molar-refractivity contribution in [1.29, 1.82) is 5.26 Å². The second-order valence-electron chi connectivity index (χ2n) is 4.73. The minimum atomic E-state index is 0.549. The lowest BCUT2D eigenvalue weighted by atomic mass is 9.99.